The Morgan fingerprint density at radius 1 is 1.30 bits per heavy atom. The molecule has 1 aliphatic rings. The van der Waals surface area contributed by atoms with Crippen molar-refractivity contribution in [2.75, 3.05) is 0 Å². The number of aryl methyl sites for hydroxylation is 1. The van der Waals surface area contributed by atoms with Crippen molar-refractivity contribution in [3.8, 4) is 0 Å². The highest BCUT2D eigenvalue weighted by Crippen LogP contribution is 2.36. The van der Waals surface area contributed by atoms with Gasteiger partial charge in [0, 0.05) is 0 Å². The minimum absolute atomic E-state index is 0.112. The van der Waals surface area contributed by atoms with Crippen LogP contribution in [0.3, 0.4) is 0 Å². The molecule has 0 aliphatic heterocycles. The number of rotatable bonds is 3. The predicted molar refractivity (Wildman–Crippen MR) is 83.9 cm³/mol. The number of para-hydroxylation sites is 1. The van der Waals surface area contributed by atoms with Crippen LogP contribution in [0, 0.1) is 6.92 Å². The molecule has 1 aromatic carbocycles. The Morgan fingerprint density at radius 3 is 2.83 bits per heavy atom. The van der Waals surface area contributed by atoms with E-state index in [9.17, 15) is 4.79 Å². The van der Waals surface area contributed by atoms with E-state index in [1.165, 1.54) is 0 Å². The fraction of sp³-hybridized carbons (Fsp3) is 0.375. The summed E-state index contributed by atoms with van der Waals surface area (Å²) in [6.45, 7) is 1.99. The maximum absolute atomic E-state index is 12.6. The lowest BCUT2D eigenvalue weighted by atomic mass is 9.77. The third-order valence-electron chi connectivity index (χ3n) is 4.51. The third kappa shape index (κ3) is 2.24. The van der Waals surface area contributed by atoms with Gasteiger partial charge in [-0.25, -0.2) is 4.98 Å². The van der Waals surface area contributed by atoms with Crippen molar-refractivity contribution in [2.45, 2.75) is 38.3 Å². The first-order chi connectivity index (χ1) is 11.1. The van der Waals surface area contributed by atoms with Crippen LogP contribution in [-0.2, 0) is 12.1 Å². The number of hydrogen-bond donors (Lipinski definition) is 1. The summed E-state index contributed by atoms with van der Waals surface area (Å²) < 4.78 is 6.83. The zero-order valence-corrected chi connectivity index (χ0v) is 12.8. The standard InChI is InChI=1S/C16H17N5O2/c1-10-18-12-6-3-2-5-11(12)14(22)21(10)9-13-19-15(20-23-13)16(17)7-4-8-16/h2-3,5-6H,4,7-9,17H2,1H3. The Morgan fingerprint density at radius 2 is 2.09 bits per heavy atom. The van der Waals surface area contributed by atoms with Gasteiger partial charge in [0.05, 0.1) is 16.4 Å². The molecular formula is C16H17N5O2. The number of nitrogens with zero attached hydrogens (tertiary/aromatic N) is 4. The second-order valence-corrected chi connectivity index (χ2v) is 6.09. The molecule has 0 unspecified atom stereocenters. The molecule has 0 spiro atoms. The second-order valence-electron chi connectivity index (χ2n) is 6.09. The summed E-state index contributed by atoms with van der Waals surface area (Å²) in [5.74, 6) is 1.51. The summed E-state index contributed by atoms with van der Waals surface area (Å²) in [6.07, 6.45) is 2.80. The molecule has 0 saturated heterocycles. The molecule has 118 valence electrons. The molecule has 7 nitrogen and oxygen atoms in total. The van der Waals surface area contributed by atoms with Crippen LogP contribution in [0.25, 0.3) is 10.9 Å². The van der Waals surface area contributed by atoms with E-state index < -0.39 is 5.54 Å². The highest BCUT2D eigenvalue weighted by Gasteiger charge is 2.39. The third-order valence-corrected chi connectivity index (χ3v) is 4.51. The van der Waals surface area contributed by atoms with Gasteiger partial charge in [-0.1, -0.05) is 17.3 Å². The largest absolute Gasteiger partial charge is 0.337 e. The molecule has 0 atom stereocenters. The minimum atomic E-state index is -0.469. The molecule has 2 aromatic heterocycles. The van der Waals surface area contributed by atoms with Crippen LogP contribution in [0.15, 0.2) is 33.6 Å². The number of hydrogen-bond acceptors (Lipinski definition) is 6. The summed E-state index contributed by atoms with van der Waals surface area (Å²) in [4.78, 5) is 21.5. The van der Waals surface area contributed by atoms with E-state index in [1.807, 2.05) is 18.2 Å². The van der Waals surface area contributed by atoms with Gasteiger partial charge < -0.3 is 10.3 Å². The molecule has 4 rings (SSSR count). The molecule has 1 saturated carbocycles. The van der Waals surface area contributed by atoms with Crippen molar-refractivity contribution >= 4 is 10.9 Å². The van der Waals surface area contributed by atoms with Gasteiger partial charge in [-0.05, 0) is 38.3 Å². The van der Waals surface area contributed by atoms with Crippen LogP contribution in [0.2, 0.25) is 0 Å². The molecule has 2 heterocycles. The lowest BCUT2D eigenvalue weighted by molar-refractivity contribution is 0.228. The van der Waals surface area contributed by atoms with E-state index in [1.54, 1.807) is 17.6 Å². The topological polar surface area (TPSA) is 99.8 Å². The van der Waals surface area contributed by atoms with Crippen molar-refractivity contribution in [3.63, 3.8) is 0 Å². The molecule has 1 fully saturated rings. The summed E-state index contributed by atoms with van der Waals surface area (Å²) in [6, 6.07) is 7.28. The van der Waals surface area contributed by atoms with Crippen LogP contribution >= 0.6 is 0 Å². The molecule has 1 aliphatic carbocycles. The Labute approximate surface area is 132 Å². The fourth-order valence-corrected chi connectivity index (χ4v) is 2.90. The zero-order valence-electron chi connectivity index (χ0n) is 12.8. The average Bonchev–Trinajstić information content (AvgIpc) is 2.98. The van der Waals surface area contributed by atoms with Gasteiger partial charge in [0.2, 0.25) is 5.89 Å². The van der Waals surface area contributed by atoms with Crippen molar-refractivity contribution in [3.05, 3.63) is 52.2 Å². The van der Waals surface area contributed by atoms with E-state index in [0.717, 1.165) is 19.3 Å². The van der Waals surface area contributed by atoms with Gasteiger partial charge in [-0.15, -0.1) is 0 Å². The average molecular weight is 311 g/mol. The minimum Gasteiger partial charge on any atom is -0.337 e. The van der Waals surface area contributed by atoms with Crippen LogP contribution in [0.4, 0.5) is 0 Å². The van der Waals surface area contributed by atoms with Crippen LogP contribution < -0.4 is 11.3 Å². The normalized spacial score (nSPS) is 16.4. The second kappa shape index (κ2) is 4.99. The first-order valence-electron chi connectivity index (χ1n) is 7.65. The molecule has 23 heavy (non-hydrogen) atoms. The number of nitrogens with two attached hydrogens (primary N) is 1. The number of benzene rings is 1. The lowest BCUT2D eigenvalue weighted by Gasteiger charge is -2.34. The summed E-state index contributed by atoms with van der Waals surface area (Å²) in [5.41, 5.74) is 6.31. The van der Waals surface area contributed by atoms with Gasteiger partial charge >= 0.3 is 0 Å². The van der Waals surface area contributed by atoms with E-state index in [0.29, 0.717) is 28.4 Å². The van der Waals surface area contributed by atoms with Crippen LogP contribution in [0.5, 0.6) is 0 Å². The van der Waals surface area contributed by atoms with E-state index in [-0.39, 0.29) is 12.1 Å². The molecule has 0 radical (unpaired) electrons. The van der Waals surface area contributed by atoms with Gasteiger partial charge in [-0.2, -0.15) is 4.98 Å². The fourth-order valence-electron chi connectivity index (χ4n) is 2.90. The highest BCUT2D eigenvalue weighted by molar-refractivity contribution is 5.77. The van der Waals surface area contributed by atoms with E-state index in [4.69, 9.17) is 10.3 Å². The van der Waals surface area contributed by atoms with E-state index >= 15 is 0 Å². The first kappa shape index (κ1) is 14.1. The van der Waals surface area contributed by atoms with Gasteiger partial charge in [0.1, 0.15) is 12.4 Å². The maximum Gasteiger partial charge on any atom is 0.261 e. The number of aromatic nitrogens is 4. The van der Waals surface area contributed by atoms with Gasteiger partial charge in [0.25, 0.3) is 5.56 Å². The molecule has 0 amide bonds. The van der Waals surface area contributed by atoms with Crippen molar-refractivity contribution in [1.82, 2.24) is 19.7 Å². The molecule has 0 bridgehead atoms. The van der Waals surface area contributed by atoms with Crippen molar-refractivity contribution in [1.29, 1.82) is 0 Å². The highest BCUT2D eigenvalue weighted by atomic mass is 16.5. The van der Waals surface area contributed by atoms with Gasteiger partial charge in [-0.3, -0.25) is 9.36 Å². The van der Waals surface area contributed by atoms with Crippen LogP contribution in [0.1, 0.15) is 36.8 Å². The Balaban J connectivity index is 1.72. The SMILES string of the molecule is Cc1nc2ccccc2c(=O)n1Cc1nc(C2(N)CCC2)no1. The lowest BCUT2D eigenvalue weighted by Crippen LogP contribution is -2.44. The maximum atomic E-state index is 12.6. The quantitative estimate of drug-likeness (QED) is 0.786. The predicted octanol–water partition coefficient (Wildman–Crippen LogP) is 1.47. The number of fused-ring (bicyclic) bond motifs is 1. The Hall–Kier alpha value is -2.54. The summed E-state index contributed by atoms with van der Waals surface area (Å²) in [5, 5.41) is 4.56. The first-order valence-corrected chi connectivity index (χ1v) is 7.65. The monoisotopic (exact) mass is 311 g/mol. The molecule has 2 N–H and O–H groups in total. The van der Waals surface area contributed by atoms with Gasteiger partial charge in [0.15, 0.2) is 5.82 Å². The van der Waals surface area contributed by atoms with E-state index in [2.05, 4.69) is 15.1 Å². The van der Waals surface area contributed by atoms with Crippen LogP contribution in [-0.4, -0.2) is 19.7 Å². The summed E-state index contributed by atoms with van der Waals surface area (Å²) >= 11 is 0. The Kier molecular flexibility index (Phi) is 3.05. The smallest absolute Gasteiger partial charge is 0.261 e. The van der Waals surface area contributed by atoms with Crippen molar-refractivity contribution in [2.24, 2.45) is 5.73 Å². The molecular weight excluding hydrogens is 294 g/mol. The molecule has 3 aromatic rings. The zero-order chi connectivity index (χ0) is 16.0. The Bertz CT molecular complexity index is 939. The molecule has 7 heteroatoms. The summed E-state index contributed by atoms with van der Waals surface area (Å²) in [7, 11) is 0. The van der Waals surface area contributed by atoms with Crippen molar-refractivity contribution < 1.29 is 4.52 Å².